The molecule has 0 aliphatic heterocycles. The number of aliphatic carboxylic acids is 1. The van der Waals surface area contributed by atoms with Gasteiger partial charge in [0.2, 0.25) is 0 Å². The molecule has 1 rings (SSSR count). The Morgan fingerprint density at radius 2 is 1.82 bits per heavy atom. The highest BCUT2D eigenvalue weighted by Gasteiger charge is 2.17. The Hall–Kier alpha value is -2.07. The van der Waals surface area contributed by atoms with Crippen LogP contribution in [0.5, 0.6) is 0 Å². The molecule has 0 aromatic heterocycles. The molecule has 4 nitrogen and oxygen atoms in total. The molecule has 0 saturated heterocycles. The van der Waals surface area contributed by atoms with Crippen LogP contribution in [0, 0.1) is 5.92 Å². The molecule has 0 saturated carbocycles. The van der Waals surface area contributed by atoms with E-state index in [-0.39, 0.29) is 12.0 Å². The second kappa shape index (κ2) is 8.39. The number of carbonyl (C=O) groups is 1. The summed E-state index contributed by atoms with van der Waals surface area (Å²) < 4.78 is 5.63. The van der Waals surface area contributed by atoms with Crippen molar-refractivity contribution >= 4 is 11.7 Å². The van der Waals surface area contributed by atoms with Crippen LogP contribution < -0.4 is 4.90 Å². The van der Waals surface area contributed by atoms with E-state index < -0.39 is 5.97 Å². The second-order valence-electron chi connectivity index (χ2n) is 5.58. The minimum absolute atomic E-state index is 0.0654. The van der Waals surface area contributed by atoms with Gasteiger partial charge in [-0.25, -0.2) is 4.79 Å². The molecule has 1 aromatic rings. The lowest BCUT2D eigenvalue weighted by Gasteiger charge is -2.22. The zero-order chi connectivity index (χ0) is 16.7. The Morgan fingerprint density at radius 1 is 1.23 bits per heavy atom. The fourth-order valence-corrected chi connectivity index (χ4v) is 2.38. The Bertz CT molecular complexity index is 544. The van der Waals surface area contributed by atoms with Crippen molar-refractivity contribution in [3.8, 4) is 0 Å². The first-order chi connectivity index (χ1) is 10.3. The van der Waals surface area contributed by atoms with Crippen LogP contribution in [0.25, 0.3) is 0 Å². The Morgan fingerprint density at radius 3 is 2.27 bits per heavy atom. The van der Waals surface area contributed by atoms with Gasteiger partial charge in [0.15, 0.2) is 0 Å². The smallest absolute Gasteiger partial charge is 0.328 e. The zero-order valence-electron chi connectivity index (χ0n) is 13.9. The fraction of sp³-hybridized carbons (Fsp3) is 0.389. The minimum Gasteiger partial charge on any atom is -0.478 e. The van der Waals surface area contributed by atoms with Crippen molar-refractivity contribution in [2.24, 2.45) is 5.92 Å². The number of anilines is 1. The van der Waals surface area contributed by atoms with Crippen molar-refractivity contribution < 1.29 is 14.6 Å². The molecule has 0 fully saturated rings. The van der Waals surface area contributed by atoms with Crippen LogP contribution in [0.4, 0.5) is 5.69 Å². The van der Waals surface area contributed by atoms with Crippen molar-refractivity contribution in [2.75, 3.05) is 26.1 Å². The highest BCUT2D eigenvalue weighted by Crippen LogP contribution is 2.28. The molecule has 0 bridgehead atoms. The van der Waals surface area contributed by atoms with E-state index in [1.807, 2.05) is 27.1 Å². The number of ether oxygens (including phenoxy) is 1. The predicted octanol–water partition coefficient (Wildman–Crippen LogP) is 3.66. The van der Waals surface area contributed by atoms with Crippen LogP contribution in [0.2, 0.25) is 0 Å². The highest BCUT2D eigenvalue weighted by molar-refractivity contribution is 5.80. The molecule has 0 heterocycles. The van der Waals surface area contributed by atoms with Gasteiger partial charge >= 0.3 is 5.97 Å². The summed E-state index contributed by atoms with van der Waals surface area (Å²) in [6, 6.07) is 8.26. The van der Waals surface area contributed by atoms with Crippen LogP contribution >= 0.6 is 0 Å². The molecular weight excluding hydrogens is 278 g/mol. The maximum absolute atomic E-state index is 10.5. The number of nitrogens with zero attached hydrogens (tertiary/aromatic N) is 1. The third-order valence-electron chi connectivity index (χ3n) is 3.48. The third kappa shape index (κ3) is 5.37. The summed E-state index contributed by atoms with van der Waals surface area (Å²) in [6.07, 6.45) is 4.70. The van der Waals surface area contributed by atoms with Crippen LogP contribution in [-0.4, -0.2) is 32.3 Å². The first kappa shape index (κ1) is 18.0. The van der Waals surface area contributed by atoms with Gasteiger partial charge in [0.25, 0.3) is 0 Å². The summed E-state index contributed by atoms with van der Waals surface area (Å²) in [4.78, 5) is 12.6. The topological polar surface area (TPSA) is 49.8 Å². The molecule has 120 valence electrons. The van der Waals surface area contributed by atoms with E-state index in [0.717, 1.165) is 22.9 Å². The molecule has 4 heteroatoms. The number of benzene rings is 1. The lowest BCUT2D eigenvalue weighted by atomic mass is 9.95. The Labute approximate surface area is 132 Å². The first-order valence-electron chi connectivity index (χ1n) is 7.24. The monoisotopic (exact) mass is 303 g/mol. The van der Waals surface area contributed by atoms with E-state index in [1.165, 1.54) is 0 Å². The predicted molar refractivity (Wildman–Crippen MR) is 90.2 cm³/mol. The van der Waals surface area contributed by atoms with Crippen LogP contribution in [-0.2, 0) is 9.53 Å². The molecule has 2 atom stereocenters. The van der Waals surface area contributed by atoms with E-state index in [4.69, 9.17) is 9.84 Å². The molecule has 22 heavy (non-hydrogen) atoms. The largest absolute Gasteiger partial charge is 0.478 e. The maximum atomic E-state index is 10.5. The molecular formula is C18H25NO3. The van der Waals surface area contributed by atoms with Gasteiger partial charge in [-0.15, -0.1) is 0 Å². The van der Waals surface area contributed by atoms with Gasteiger partial charge < -0.3 is 14.7 Å². The second-order valence-corrected chi connectivity index (χ2v) is 5.58. The van der Waals surface area contributed by atoms with Crippen LogP contribution in [0.3, 0.4) is 0 Å². The quantitative estimate of drug-likeness (QED) is 0.617. The van der Waals surface area contributed by atoms with Crippen molar-refractivity contribution in [3.63, 3.8) is 0 Å². The molecule has 0 aliphatic rings. The summed E-state index contributed by atoms with van der Waals surface area (Å²) in [5.74, 6) is -0.809. The van der Waals surface area contributed by atoms with E-state index in [2.05, 4.69) is 36.1 Å². The summed E-state index contributed by atoms with van der Waals surface area (Å²) in [7, 11) is 5.70. The first-order valence-corrected chi connectivity index (χ1v) is 7.24. The van der Waals surface area contributed by atoms with E-state index in [0.29, 0.717) is 0 Å². The molecule has 0 aliphatic carbocycles. The number of hydrogen-bond acceptors (Lipinski definition) is 3. The highest BCUT2D eigenvalue weighted by atomic mass is 16.5. The lowest BCUT2D eigenvalue weighted by molar-refractivity contribution is -0.131. The maximum Gasteiger partial charge on any atom is 0.328 e. The van der Waals surface area contributed by atoms with Crippen molar-refractivity contribution in [3.05, 3.63) is 53.6 Å². The standard InChI is InChI=1S/C18H25NO3/c1-13(6-11-17(20)21)12-14(2)18(22-5)15-7-9-16(10-8-15)19(3)4/h6-12,14,18H,1-5H3,(H,20,21)/b11-6+,13-12+/t14-,18-/m1/s1. The number of rotatable bonds is 7. The SMILES string of the molecule is CO[C@@H](c1ccc(N(C)C)cc1)[C@H](C)/C=C(C)/C=C/C(=O)O. The summed E-state index contributed by atoms with van der Waals surface area (Å²) in [5.41, 5.74) is 3.15. The van der Waals surface area contributed by atoms with Crippen LogP contribution in [0.1, 0.15) is 25.5 Å². The number of carboxylic acids is 1. The number of methoxy groups -OCH3 is 1. The number of carboxylic acid groups (broad SMARTS) is 1. The van der Waals surface area contributed by atoms with Crippen molar-refractivity contribution in [1.29, 1.82) is 0 Å². The average Bonchev–Trinajstić information content (AvgIpc) is 2.46. The van der Waals surface area contributed by atoms with E-state index in [1.54, 1.807) is 13.2 Å². The van der Waals surface area contributed by atoms with Gasteiger partial charge in [-0.3, -0.25) is 0 Å². The summed E-state index contributed by atoms with van der Waals surface area (Å²) >= 11 is 0. The van der Waals surface area contributed by atoms with Gasteiger partial charge in [-0.05, 0) is 24.6 Å². The Balaban J connectivity index is 2.90. The minimum atomic E-state index is -0.942. The van der Waals surface area contributed by atoms with Gasteiger partial charge in [0.05, 0.1) is 6.10 Å². The van der Waals surface area contributed by atoms with Crippen molar-refractivity contribution in [2.45, 2.75) is 20.0 Å². The van der Waals surface area contributed by atoms with Gasteiger partial charge in [0.1, 0.15) is 0 Å². The normalized spacial score (nSPS) is 14.9. The van der Waals surface area contributed by atoms with E-state index >= 15 is 0 Å². The average molecular weight is 303 g/mol. The molecule has 0 radical (unpaired) electrons. The molecule has 0 amide bonds. The van der Waals surface area contributed by atoms with Gasteiger partial charge in [-0.2, -0.15) is 0 Å². The number of hydrogen-bond donors (Lipinski definition) is 1. The lowest BCUT2D eigenvalue weighted by Crippen LogP contribution is -2.12. The molecule has 1 N–H and O–H groups in total. The third-order valence-corrected chi connectivity index (χ3v) is 3.48. The molecule has 0 unspecified atom stereocenters. The van der Waals surface area contributed by atoms with Gasteiger partial charge in [0, 0.05) is 38.9 Å². The van der Waals surface area contributed by atoms with Crippen molar-refractivity contribution in [1.82, 2.24) is 0 Å². The van der Waals surface area contributed by atoms with Crippen LogP contribution in [0.15, 0.2) is 48.1 Å². The molecule has 1 aromatic carbocycles. The van der Waals surface area contributed by atoms with E-state index in [9.17, 15) is 4.79 Å². The van der Waals surface area contributed by atoms with Gasteiger partial charge in [-0.1, -0.05) is 36.8 Å². The Kier molecular flexibility index (Phi) is 6.86. The summed E-state index contributed by atoms with van der Waals surface area (Å²) in [6.45, 7) is 3.95. The summed E-state index contributed by atoms with van der Waals surface area (Å²) in [5, 5.41) is 8.66. The number of allylic oxidation sites excluding steroid dienone is 2. The fourth-order valence-electron chi connectivity index (χ4n) is 2.38. The zero-order valence-corrected chi connectivity index (χ0v) is 13.9. The molecule has 0 spiro atoms.